The lowest BCUT2D eigenvalue weighted by molar-refractivity contribution is -0.137. The highest BCUT2D eigenvalue weighted by atomic mass is 79.9. The molecule has 1 atom stereocenters. The number of aromatic nitrogens is 1. The monoisotopic (exact) mass is 636 g/mol. The summed E-state index contributed by atoms with van der Waals surface area (Å²) in [5.74, 6) is -1.13. The Morgan fingerprint density at radius 1 is 0.974 bits per heavy atom. The first kappa shape index (κ1) is 33.2. The first-order valence-corrected chi connectivity index (χ1v) is 13.4. The molecule has 1 aromatic rings. The van der Waals surface area contributed by atoms with Gasteiger partial charge in [0.15, 0.2) is 20.9 Å². The molecule has 6 N–H and O–H groups in total. The molecule has 3 rings (SSSR count). The van der Waals surface area contributed by atoms with Crippen molar-refractivity contribution < 1.29 is 33.4 Å². The quantitative estimate of drug-likeness (QED) is 0.213. The first-order valence-electron chi connectivity index (χ1n) is 11.3. The number of Topliss-reactive ketones (excluding diaryl/α,β-unsaturated/α-hetero) is 1. The van der Waals surface area contributed by atoms with Crippen LogP contribution in [0.5, 0.6) is 0 Å². The van der Waals surface area contributed by atoms with Gasteiger partial charge >= 0.3 is 12.2 Å². The number of piperidine rings is 1. The average Bonchev–Trinajstić information content (AvgIpc) is 3.11. The molecule has 2 aliphatic heterocycles. The lowest BCUT2D eigenvalue weighted by atomic mass is 10.1. The Morgan fingerprint density at radius 2 is 1.42 bits per heavy atom. The zero-order chi connectivity index (χ0) is 29.6. The molecule has 38 heavy (non-hydrogen) atoms. The van der Waals surface area contributed by atoms with Gasteiger partial charge in [-0.15, -0.1) is 0 Å². The molecular formula is C22H33BrN6O7S2. The number of thiocarbonyl (C=S) groups is 1. The number of alkyl halides is 1. The van der Waals surface area contributed by atoms with E-state index in [4.69, 9.17) is 15.2 Å². The summed E-state index contributed by atoms with van der Waals surface area (Å²) in [7, 11) is 0. The highest BCUT2D eigenvalue weighted by Gasteiger charge is 2.38. The molecule has 4 amide bonds. The van der Waals surface area contributed by atoms with Gasteiger partial charge in [0.2, 0.25) is 0 Å². The van der Waals surface area contributed by atoms with Crippen molar-refractivity contribution in [1.82, 2.24) is 14.8 Å². The third kappa shape index (κ3) is 10.5. The summed E-state index contributed by atoms with van der Waals surface area (Å²) in [6.07, 6.45) is -0.630. The summed E-state index contributed by atoms with van der Waals surface area (Å²) in [5, 5.41) is 0.347. The topological polar surface area (TPSA) is 201 Å². The van der Waals surface area contributed by atoms with E-state index in [0.717, 1.165) is 21.1 Å². The number of thiazole rings is 1. The number of ketones is 1. The van der Waals surface area contributed by atoms with Gasteiger partial charge in [0.05, 0.1) is 5.69 Å². The van der Waals surface area contributed by atoms with E-state index in [1.807, 2.05) is 0 Å². The van der Waals surface area contributed by atoms with Crippen LogP contribution in [-0.4, -0.2) is 78.8 Å². The zero-order valence-corrected chi connectivity index (χ0v) is 25.3. The second-order valence-electron chi connectivity index (χ2n) is 9.97. The number of nitrogen functional groups attached to an aromatic ring is 1. The van der Waals surface area contributed by atoms with Crippen molar-refractivity contribution in [3.8, 4) is 0 Å². The fraction of sp³-hybridized carbons (Fsp3) is 0.591. The van der Waals surface area contributed by atoms with Crippen LogP contribution in [0.15, 0.2) is 0 Å². The average molecular weight is 638 g/mol. The Morgan fingerprint density at radius 3 is 1.89 bits per heavy atom. The molecule has 1 unspecified atom stereocenters. The fourth-order valence-electron chi connectivity index (χ4n) is 2.87. The number of hydrogen-bond acceptors (Lipinski definition) is 11. The number of ether oxygens (including phenoxy) is 2. The lowest BCUT2D eigenvalue weighted by Crippen LogP contribution is -2.50. The van der Waals surface area contributed by atoms with Crippen LogP contribution in [0.2, 0.25) is 0 Å². The van der Waals surface area contributed by atoms with Crippen LogP contribution in [0, 0.1) is 0 Å². The largest absolute Gasteiger partial charge is 0.443 e. The highest BCUT2D eigenvalue weighted by molar-refractivity contribution is 9.10. The zero-order valence-electron chi connectivity index (χ0n) is 22.0. The number of fused-ring (bicyclic) bond motifs is 1. The molecule has 2 aliphatic rings. The third-order valence-electron chi connectivity index (χ3n) is 4.30. The van der Waals surface area contributed by atoms with Gasteiger partial charge in [-0.05, 0) is 53.8 Å². The van der Waals surface area contributed by atoms with E-state index < -0.39 is 34.1 Å². The molecule has 0 radical (unpaired) electrons. The number of carbonyl (C=O) groups is 5. The van der Waals surface area contributed by atoms with Crippen LogP contribution >= 0.6 is 39.5 Å². The smallest absolute Gasteiger partial charge is 0.417 e. The SMILES string of the molecule is CC(C)(C)OC(=O)N1CCC(=O)C(Br)C1=O.CC(C)(C)OC(=O)N1CCc2nc(N)sc2C1=O.NC(N)=S. The molecule has 212 valence electrons. The molecule has 0 aromatic carbocycles. The van der Waals surface area contributed by atoms with E-state index in [-0.39, 0.29) is 36.3 Å². The number of nitrogens with two attached hydrogens (primary N) is 3. The van der Waals surface area contributed by atoms with Gasteiger partial charge in [-0.25, -0.2) is 24.4 Å². The number of anilines is 1. The number of amides is 4. The predicted octanol–water partition coefficient (Wildman–Crippen LogP) is 2.33. The van der Waals surface area contributed by atoms with E-state index in [2.05, 4.69) is 44.6 Å². The number of nitrogens with zero attached hydrogens (tertiary/aromatic N) is 3. The van der Waals surface area contributed by atoms with Gasteiger partial charge in [-0.1, -0.05) is 27.3 Å². The number of hydrogen-bond donors (Lipinski definition) is 3. The van der Waals surface area contributed by atoms with Crippen LogP contribution in [0.1, 0.15) is 63.3 Å². The summed E-state index contributed by atoms with van der Waals surface area (Å²) >= 11 is 8.16. The Kier molecular flexibility index (Phi) is 11.6. The third-order valence-corrected chi connectivity index (χ3v) is 6.12. The van der Waals surface area contributed by atoms with Crippen molar-refractivity contribution in [2.24, 2.45) is 11.5 Å². The molecule has 0 aliphatic carbocycles. The van der Waals surface area contributed by atoms with Crippen LogP contribution < -0.4 is 17.2 Å². The van der Waals surface area contributed by atoms with Gasteiger partial charge in [-0.2, -0.15) is 0 Å². The minimum absolute atomic E-state index is 0.000000000000000222. The normalized spacial score (nSPS) is 17.3. The predicted molar refractivity (Wildman–Crippen MR) is 149 cm³/mol. The molecule has 0 spiro atoms. The Labute approximate surface area is 238 Å². The summed E-state index contributed by atoms with van der Waals surface area (Å²) < 4.78 is 10.3. The number of halogens is 1. The van der Waals surface area contributed by atoms with E-state index in [1.165, 1.54) is 0 Å². The van der Waals surface area contributed by atoms with Crippen LogP contribution in [0.25, 0.3) is 0 Å². The van der Waals surface area contributed by atoms with Crippen molar-refractivity contribution in [2.45, 2.75) is 70.4 Å². The van der Waals surface area contributed by atoms with Crippen LogP contribution in [0.4, 0.5) is 14.7 Å². The molecule has 0 bridgehead atoms. The molecule has 1 fully saturated rings. The highest BCUT2D eigenvalue weighted by Crippen LogP contribution is 2.27. The maximum atomic E-state index is 12.1. The Balaban J connectivity index is 0.000000335. The molecule has 16 heteroatoms. The van der Waals surface area contributed by atoms with Crippen molar-refractivity contribution in [3.63, 3.8) is 0 Å². The number of carbonyl (C=O) groups excluding carboxylic acids is 5. The van der Waals surface area contributed by atoms with E-state index >= 15 is 0 Å². The van der Waals surface area contributed by atoms with E-state index in [0.29, 0.717) is 22.1 Å². The molecule has 3 heterocycles. The summed E-state index contributed by atoms with van der Waals surface area (Å²) in [6.45, 7) is 10.8. The number of rotatable bonds is 0. The number of likely N-dealkylation sites (tertiary alicyclic amines) is 1. The van der Waals surface area contributed by atoms with Gasteiger partial charge in [0, 0.05) is 25.9 Å². The van der Waals surface area contributed by atoms with E-state index in [9.17, 15) is 24.0 Å². The second-order valence-corrected chi connectivity index (χ2v) is 12.4. The van der Waals surface area contributed by atoms with Gasteiger partial charge in [-0.3, -0.25) is 14.4 Å². The first-order chi connectivity index (χ1) is 17.2. The fourth-order valence-corrected chi connectivity index (χ4v) is 4.18. The van der Waals surface area contributed by atoms with Crippen molar-refractivity contribution in [3.05, 3.63) is 10.6 Å². The standard InChI is InChI=1S/C11H15N3O3S.C10H14BrNO4.CH4N2S/c1-11(2,3)17-10(16)14-5-4-6-7(8(14)15)18-9(12)13-6;1-10(2,3)16-9(15)12-5-4-6(13)7(11)8(12)14;2-1(3)4/h4-5H2,1-3H3,(H2,12,13);7H,4-5H2,1-3H3;(H4,2,3,4). The van der Waals surface area contributed by atoms with Gasteiger partial charge in [0.1, 0.15) is 16.1 Å². The van der Waals surface area contributed by atoms with Crippen LogP contribution in [0.3, 0.4) is 0 Å². The maximum Gasteiger partial charge on any atom is 0.417 e. The maximum absolute atomic E-state index is 12.1. The molecule has 1 saturated heterocycles. The van der Waals surface area contributed by atoms with Gasteiger partial charge in [0.25, 0.3) is 11.8 Å². The summed E-state index contributed by atoms with van der Waals surface area (Å²) in [4.78, 5) is 64.1. The van der Waals surface area contributed by atoms with Crippen molar-refractivity contribution in [2.75, 3.05) is 18.8 Å². The summed E-state index contributed by atoms with van der Waals surface area (Å²) in [5.41, 5.74) is 14.2. The Hall–Kier alpha value is -2.85. The van der Waals surface area contributed by atoms with Crippen molar-refractivity contribution in [1.29, 1.82) is 0 Å². The second kappa shape index (κ2) is 13.3. The van der Waals surface area contributed by atoms with Gasteiger partial charge < -0.3 is 26.7 Å². The molecule has 1 aromatic heterocycles. The summed E-state index contributed by atoms with van der Waals surface area (Å²) in [6, 6.07) is 0. The Bertz CT molecular complexity index is 1090. The minimum atomic E-state index is -0.922. The van der Waals surface area contributed by atoms with E-state index in [1.54, 1.807) is 41.5 Å². The minimum Gasteiger partial charge on any atom is -0.443 e. The number of imide groups is 2. The van der Waals surface area contributed by atoms with Crippen LogP contribution in [-0.2, 0) is 25.5 Å². The molecular weight excluding hydrogens is 604 g/mol. The van der Waals surface area contributed by atoms with Crippen molar-refractivity contribution >= 4 is 79.5 Å². The molecule has 0 saturated carbocycles. The lowest BCUT2D eigenvalue weighted by Gasteiger charge is -2.29. The molecule has 13 nitrogen and oxygen atoms in total.